The minimum atomic E-state index is -0.486. The highest BCUT2D eigenvalue weighted by atomic mass is 16.6. The molecular weight excluding hydrogens is 300 g/mol. The lowest BCUT2D eigenvalue weighted by atomic mass is 10.2. The van der Waals surface area contributed by atoms with Gasteiger partial charge in [-0.05, 0) is 6.42 Å². The van der Waals surface area contributed by atoms with Crippen molar-refractivity contribution < 1.29 is 14.6 Å². The van der Waals surface area contributed by atoms with E-state index in [1.54, 1.807) is 4.68 Å². The summed E-state index contributed by atoms with van der Waals surface area (Å²) in [5, 5.41) is 14.0. The molecule has 0 saturated carbocycles. The standard InChI is InChI=1S/C15H22N4O4/c1-2-3-4-5-22-12-6-10(8-20)23-15(12)19-13-11(7-18-19)14(21)17-9-16-13/h7,9-10,12,15,20H,2-6,8H2,1H3,(H,16,17,21)/t10-,12+,15+/m0/s1. The molecule has 0 spiro atoms. The average molecular weight is 322 g/mol. The fourth-order valence-corrected chi connectivity index (χ4v) is 2.85. The summed E-state index contributed by atoms with van der Waals surface area (Å²) in [7, 11) is 0. The zero-order valence-electron chi connectivity index (χ0n) is 13.1. The summed E-state index contributed by atoms with van der Waals surface area (Å²) in [6.45, 7) is 2.71. The fourth-order valence-electron chi connectivity index (χ4n) is 2.85. The van der Waals surface area contributed by atoms with Gasteiger partial charge in [-0.2, -0.15) is 5.10 Å². The summed E-state index contributed by atoms with van der Waals surface area (Å²) in [6, 6.07) is 0. The molecule has 3 rings (SSSR count). The lowest BCUT2D eigenvalue weighted by molar-refractivity contribution is -0.0748. The monoisotopic (exact) mass is 322 g/mol. The van der Waals surface area contributed by atoms with Gasteiger partial charge in [0.2, 0.25) is 0 Å². The molecule has 3 atom stereocenters. The molecule has 8 heteroatoms. The highest BCUT2D eigenvalue weighted by molar-refractivity contribution is 5.72. The first-order valence-electron chi connectivity index (χ1n) is 8.03. The Labute approximate surface area is 133 Å². The van der Waals surface area contributed by atoms with Crippen LogP contribution in [0.15, 0.2) is 17.3 Å². The first-order chi connectivity index (χ1) is 11.2. The summed E-state index contributed by atoms with van der Waals surface area (Å²) >= 11 is 0. The van der Waals surface area contributed by atoms with Crippen LogP contribution in [0.4, 0.5) is 0 Å². The van der Waals surface area contributed by atoms with E-state index < -0.39 is 6.23 Å². The van der Waals surface area contributed by atoms with Crippen LogP contribution in [0.25, 0.3) is 11.0 Å². The van der Waals surface area contributed by atoms with Crippen LogP contribution >= 0.6 is 0 Å². The Balaban J connectivity index is 1.82. The molecule has 23 heavy (non-hydrogen) atoms. The van der Waals surface area contributed by atoms with E-state index in [1.807, 2.05) is 0 Å². The molecule has 3 heterocycles. The third kappa shape index (κ3) is 3.29. The minimum absolute atomic E-state index is 0.0709. The van der Waals surface area contributed by atoms with Crippen LogP contribution in [0.2, 0.25) is 0 Å². The summed E-state index contributed by atoms with van der Waals surface area (Å²) < 4.78 is 13.4. The normalized spacial score (nSPS) is 24.5. The molecular formula is C15H22N4O4. The molecule has 0 aromatic carbocycles. The molecule has 1 saturated heterocycles. The van der Waals surface area contributed by atoms with Crippen molar-refractivity contribution in [3.05, 3.63) is 22.9 Å². The Morgan fingerprint density at radius 2 is 2.39 bits per heavy atom. The third-order valence-corrected chi connectivity index (χ3v) is 4.07. The van der Waals surface area contributed by atoms with Crippen LogP contribution in [0.5, 0.6) is 0 Å². The van der Waals surface area contributed by atoms with Crippen LogP contribution in [0, 0.1) is 0 Å². The van der Waals surface area contributed by atoms with Crippen molar-refractivity contribution in [3.8, 4) is 0 Å². The van der Waals surface area contributed by atoms with Crippen LogP contribution in [0.1, 0.15) is 38.8 Å². The number of rotatable bonds is 7. The maximum absolute atomic E-state index is 11.8. The maximum atomic E-state index is 11.8. The van der Waals surface area contributed by atoms with E-state index in [-0.39, 0.29) is 24.4 Å². The topological polar surface area (TPSA) is 102 Å². The molecule has 0 amide bonds. The second-order valence-electron chi connectivity index (χ2n) is 5.74. The molecule has 8 nitrogen and oxygen atoms in total. The second-order valence-corrected chi connectivity index (χ2v) is 5.74. The summed E-state index contributed by atoms with van der Waals surface area (Å²) in [5.74, 6) is 0. The first-order valence-corrected chi connectivity index (χ1v) is 8.03. The highest BCUT2D eigenvalue weighted by Crippen LogP contribution is 2.32. The van der Waals surface area contributed by atoms with E-state index in [0.717, 1.165) is 19.3 Å². The Bertz CT molecular complexity index is 698. The van der Waals surface area contributed by atoms with Crippen LogP contribution in [0.3, 0.4) is 0 Å². The Kier molecular flexibility index (Phi) is 5.04. The van der Waals surface area contributed by atoms with Gasteiger partial charge in [-0.15, -0.1) is 0 Å². The zero-order valence-corrected chi connectivity index (χ0v) is 13.1. The van der Waals surface area contributed by atoms with Crippen molar-refractivity contribution in [3.63, 3.8) is 0 Å². The summed E-state index contributed by atoms with van der Waals surface area (Å²) in [5.41, 5.74) is 0.220. The number of unbranched alkanes of at least 4 members (excludes halogenated alkanes) is 2. The van der Waals surface area contributed by atoms with Crippen LogP contribution in [-0.4, -0.2) is 50.3 Å². The van der Waals surface area contributed by atoms with Gasteiger partial charge in [0.15, 0.2) is 11.9 Å². The number of aromatic amines is 1. The number of ether oxygens (including phenoxy) is 2. The fraction of sp³-hybridized carbons (Fsp3) is 0.667. The van der Waals surface area contributed by atoms with Gasteiger partial charge in [0.05, 0.1) is 25.2 Å². The molecule has 1 aliphatic rings. The maximum Gasteiger partial charge on any atom is 0.261 e. The van der Waals surface area contributed by atoms with E-state index in [9.17, 15) is 9.90 Å². The number of aliphatic hydroxyl groups excluding tert-OH is 1. The number of aliphatic hydroxyl groups is 1. The van der Waals surface area contributed by atoms with Crippen LogP contribution < -0.4 is 5.56 Å². The van der Waals surface area contributed by atoms with E-state index in [1.165, 1.54) is 12.5 Å². The minimum Gasteiger partial charge on any atom is -0.394 e. The molecule has 126 valence electrons. The molecule has 0 unspecified atom stereocenters. The summed E-state index contributed by atoms with van der Waals surface area (Å²) in [4.78, 5) is 18.5. The Hall–Kier alpha value is -1.77. The number of nitrogens with zero attached hydrogens (tertiary/aromatic N) is 3. The molecule has 2 aromatic rings. The Morgan fingerprint density at radius 3 is 3.17 bits per heavy atom. The summed E-state index contributed by atoms with van der Waals surface area (Å²) in [6.07, 6.45) is 5.65. The van der Waals surface area contributed by atoms with Crippen molar-refractivity contribution in [2.24, 2.45) is 0 Å². The molecule has 2 N–H and O–H groups in total. The van der Waals surface area contributed by atoms with E-state index in [0.29, 0.717) is 24.1 Å². The van der Waals surface area contributed by atoms with Gasteiger partial charge in [-0.1, -0.05) is 19.8 Å². The number of hydrogen-bond donors (Lipinski definition) is 2. The van der Waals surface area contributed by atoms with Crippen molar-refractivity contribution in [1.29, 1.82) is 0 Å². The average Bonchev–Trinajstić information content (AvgIpc) is 3.16. The highest BCUT2D eigenvalue weighted by Gasteiger charge is 2.38. The predicted octanol–water partition coefficient (Wildman–Crippen LogP) is 0.975. The predicted molar refractivity (Wildman–Crippen MR) is 83.0 cm³/mol. The number of fused-ring (bicyclic) bond motifs is 1. The quantitative estimate of drug-likeness (QED) is 0.737. The number of hydrogen-bond acceptors (Lipinski definition) is 6. The Morgan fingerprint density at radius 1 is 1.52 bits per heavy atom. The van der Waals surface area contributed by atoms with Crippen LogP contribution in [-0.2, 0) is 9.47 Å². The second kappa shape index (κ2) is 7.20. The number of aromatic nitrogens is 4. The lowest BCUT2D eigenvalue weighted by Gasteiger charge is -2.19. The van der Waals surface area contributed by atoms with Gasteiger partial charge >= 0.3 is 0 Å². The van der Waals surface area contributed by atoms with Gasteiger partial charge < -0.3 is 19.6 Å². The van der Waals surface area contributed by atoms with Crippen molar-refractivity contribution in [1.82, 2.24) is 19.7 Å². The molecule has 0 radical (unpaired) electrons. The van der Waals surface area contributed by atoms with E-state index >= 15 is 0 Å². The van der Waals surface area contributed by atoms with Gasteiger partial charge in [0.1, 0.15) is 11.5 Å². The van der Waals surface area contributed by atoms with Crippen molar-refractivity contribution in [2.45, 2.75) is 51.0 Å². The van der Waals surface area contributed by atoms with E-state index in [4.69, 9.17) is 9.47 Å². The lowest BCUT2D eigenvalue weighted by Crippen LogP contribution is -2.24. The molecule has 1 fully saturated rings. The first kappa shape index (κ1) is 16.1. The van der Waals surface area contributed by atoms with Gasteiger partial charge in [0.25, 0.3) is 5.56 Å². The molecule has 1 aliphatic heterocycles. The molecule has 2 aromatic heterocycles. The van der Waals surface area contributed by atoms with Gasteiger partial charge in [-0.3, -0.25) is 4.79 Å². The smallest absolute Gasteiger partial charge is 0.261 e. The van der Waals surface area contributed by atoms with Gasteiger partial charge in [0, 0.05) is 13.0 Å². The largest absolute Gasteiger partial charge is 0.394 e. The number of nitrogens with one attached hydrogen (secondary N) is 1. The molecule has 0 aliphatic carbocycles. The van der Waals surface area contributed by atoms with Crippen molar-refractivity contribution in [2.75, 3.05) is 13.2 Å². The van der Waals surface area contributed by atoms with Crippen molar-refractivity contribution >= 4 is 11.0 Å². The SMILES string of the molecule is CCCCCO[C@@H]1C[C@@H](CO)O[C@H]1n1ncc2c(=O)[nH]cnc21. The van der Waals surface area contributed by atoms with E-state index in [2.05, 4.69) is 22.0 Å². The third-order valence-electron chi connectivity index (χ3n) is 4.07. The zero-order chi connectivity index (χ0) is 16.2. The number of H-pyrrole nitrogens is 1. The van der Waals surface area contributed by atoms with Gasteiger partial charge in [-0.25, -0.2) is 9.67 Å². The molecule has 0 bridgehead atoms.